The Kier molecular flexibility index (Phi) is 5.15. The molecule has 0 aliphatic rings. The molecular formula is C9H15N5S. The lowest BCUT2D eigenvalue weighted by Crippen LogP contribution is -2.26. The first-order chi connectivity index (χ1) is 7.31. The average molecular weight is 225 g/mol. The Hall–Kier alpha value is -1.06. The quantitative estimate of drug-likeness (QED) is 0.681. The van der Waals surface area contributed by atoms with Crippen molar-refractivity contribution in [3.63, 3.8) is 0 Å². The third-order valence-electron chi connectivity index (χ3n) is 2.07. The molecule has 0 radical (unpaired) electrons. The van der Waals surface area contributed by atoms with Gasteiger partial charge in [-0.1, -0.05) is 25.6 Å². The van der Waals surface area contributed by atoms with E-state index in [0.717, 1.165) is 24.9 Å². The maximum absolute atomic E-state index is 8.49. The molecule has 0 aromatic carbocycles. The molecule has 0 atom stereocenters. The molecule has 0 spiro atoms. The third-order valence-corrected chi connectivity index (χ3v) is 2.92. The molecule has 1 aromatic rings. The highest BCUT2D eigenvalue weighted by molar-refractivity contribution is 7.99. The zero-order valence-electron chi connectivity index (χ0n) is 9.05. The monoisotopic (exact) mass is 225 g/mol. The topological polar surface area (TPSA) is 57.7 Å². The minimum atomic E-state index is 0.414. The van der Waals surface area contributed by atoms with Gasteiger partial charge < -0.3 is 0 Å². The molecule has 0 fully saturated rings. The smallest absolute Gasteiger partial charge is 0.188 e. The van der Waals surface area contributed by atoms with Gasteiger partial charge in [0.1, 0.15) is 6.33 Å². The van der Waals surface area contributed by atoms with E-state index in [1.54, 1.807) is 0 Å². The van der Waals surface area contributed by atoms with E-state index in [1.165, 1.54) is 18.1 Å². The van der Waals surface area contributed by atoms with E-state index in [-0.39, 0.29) is 0 Å². The van der Waals surface area contributed by atoms with Gasteiger partial charge in [0, 0.05) is 0 Å². The van der Waals surface area contributed by atoms with E-state index in [4.69, 9.17) is 5.26 Å². The van der Waals surface area contributed by atoms with E-state index in [2.05, 4.69) is 34.9 Å². The summed E-state index contributed by atoms with van der Waals surface area (Å²) in [5.41, 5.74) is 0. The van der Waals surface area contributed by atoms with Gasteiger partial charge in [-0.25, -0.2) is 9.67 Å². The van der Waals surface area contributed by atoms with Gasteiger partial charge in [0.15, 0.2) is 5.16 Å². The molecule has 0 N–H and O–H groups in total. The Bertz CT molecular complexity index is 325. The fraction of sp³-hybridized carbons (Fsp3) is 0.667. The summed E-state index contributed by atoms with van der Waals surface area (Å²) in [4.78, 5) is 6.35. The maximum Gasteiger partial charge on any atom is 0.188 e. The van der Waals surface area contributed by atoms with Crippen molar-refractivity contribution in [3.8, 4) is 6.07 Å². The Balaban J connectivity index is 2.60. The molecule has 6 heteroatoms. The summed E-state index contributed by atoms with van der Waals surface area (Å²) < 4.78 is 1.83. The van der Waals surface area contributed by atoms with E-state index in [0.29, 0.717) is 5.75 Å². The molecule has 15 heavy (non-hydrogen) atoms. The molecule has 0 saturated heterocycles. The Morgan fingerprint density at radius 3 is 2.87 bits per heavy atom. The normalized spacial score (nSPS) is 10.5. The van der Waals surface area contributed by atoms with Crippen LogP contribution in [0.15, 0.2) is 11.5 Å². The highest BCUT2D eigenvalue weighted by Crippen LogP contribution is 2.13. The minimum absolute atomic E-state index is 0.414. The molecule has 0 unspecified atom stereocenters. The Morgan fingerprint density at radius 1 is 1.53 bits per heavy atom. The second kappa shape index (κ2) is 6.43. The fourth-order valence-corrected chi connectivity index (χ4v) is 1.74. The van der Waals surface area contributed by atoms with Crippen LogP contribution in [0.3, 0.4) is 0 Å². The first kappa shape index (κ1) is 12.0. The predicted molar refractivity (Wildman–Crippen MR) is 59.3 cm³/mol. The van der Waals surface area contributed by atoms with Crippen molar-refractivity contribution in [2.75, 3.05) is 18.8 Å². The lowest BCUT2D eigenvalue weighted by molar-refractivity contribution is 0.219. The molecule has 0 amide bonds. The highest BCUT2D eigenvalue weighted by atomic mass is 32.2. The first-order valence-corrected chi connectivity index (χ1v) is 5.90. The van der Waals surface area contributed by atoms with Gasteiger partial charge in [-0.15, -0.1) is 0 Å². The van der Waals surface area contributed by atoms with E-state index < -0.39 is 0 Å². The van der Waals surface area contributed by atoms with Gasteiger partial charge in [-0.05, 0) is 13.1 Å². The SMILES string of the molecule is CCN(CC)Cn1ncnc1SCC#N. The van der Waals surface area contributed by atoms with Gasteiger partial charge in [-0.2, -0.15) is 10.4 Å². The van der Waals surface area contributed by atoms with E-state index in [1.807, 2.05) is 4.68 Å². The molecule has 0 saturated carbocycles. The van der Waals surface area contributed by atoms with Crippen LogP contribution in [0.4, 0.5) is 0 Å². The minimum Gasteiger partial charge on any atom is -0.285 e. The number of hydrogen-bond donors (Lipinski definition) is 0. The summed E-state index contributed by atoms with van der Waals surface area (Å²) in [6.07, 6.45) is 1.53. The summed E-state index contributed by atoms with van der Waals surface area (Å²) in [7, 11) is 0. The fourth-order valence-electron chi connectivity index (χ4n) is 1.17. The number of thioether (sulfide) groups is 1. The largest absolute Gasteiger partial charge is 0.285 e. The van der Waals surface area contributed by atoms with Crippen LogP contribution in [0.5, 0.6) is 0 Å². The van der Waals surface area contributed by atoms with Crippen molar-refractivity contribution in [2.24, 2.45) is 0 Å². The van der Waals surface area contributed by atoms with E-state index in [9.17, 15) is 0 Å². The predicted octanol–water partition coefficient (Wildman–Crippen LogP) is 1.19. The third kappa shape index (κ3) is 3.53. The first-order valence-electron chi connectivity index (χ1n) is 4.91. The van der Waals surface area contributed by atoms with Crippen LogP contribution in [0, 0.1) is 11.3 Å². The summed E-state index contributed by atoms with van der Waals surface area (Å²) in [5, 5.41) is 13.4. The Morgan fingerprint density at radius 2 is 2.27 bits per heavy atom. The second-order valence-corrected chi connectivity index (χ2v) is 3.88. The Labute approximate surface area is 94.1 Å². The van der Waals surface area contributed by atoms with Gasteiger partial charge >= 0.3 is 0 Å². The number of rotatable bonds is 6. The summed E-state index contributed by atoms with van der Waals surface area (Å²) >= 11 is 1.42. The molecule has 82 valence electrons. The summed E-state index contributed by atoms with van der Waals surface area (Å²) in [6, 6.07) is 2.08. The standard InChI is InChI=1S/C9H15N5S/c1-3-13(4-2)8-14-9(11-7-12-14)15-6-5-10/h7H,3-4,6,8H2,1-2H3. The maximum atomic E-state index is 8.49. The zero-order valence-corrected chi connectivity index (χ0v) is 9.87. The van der Waals surface area contributed by atoms with E-state index >= 15 is 0 Å². The second-order valence-electron chi connectivity index (χ2n) is 2.93. The zero-order chi connectivity index (χ0) is 11.1. The van der Waals surface area contributed by atoms with Crippen molar-refractivity contribution in [1.29, 1.82) is 5.26 Å². The molecule has 1 rings (SSSR count). The lowest BCUT2D eigenvalue weighted by Gasteiger charge is -2.18. The molecule has 0 aliphatic heterocycles. The molecule has 5 nitrogen and oxygen atoms in total. The van der Waals surface area contributed by atoms with Crippen molar-refractivity contribution in [1.82, 2.24) is 19.7 Å². The number of hydrogen-bond acceptors (Lipinski definition) is 5. The highest BCUT2D eigenvalue weighted by Gasteiger charge is 2.07. The molecule has 1 aromatic heterocycles. The van der Waals surface area contributed by atoms with Crippen LogP contribution in [0.2, 0.25) is 0 Å². The van der Waals surface area contributed by atoms with Gasteiger partial charge in [0.2, 0.25) is 0 Å². The molecule has 0 bridgehead atoms. The van der Waals surface area contributed by atoms with Gasteiger partial charge in [0.05, 0.1) is 18.5 Å². The number of nitrogens with zero attached hydrogens (tertiary/aromatic N) is 5. The van der Waals surface area contributed by atoms with Crippen molar-refractivity contribution >= 4 is 11.8 Å². The summed E-state index contributed by atoms with van der Waals surface area (Å²) in [6.45, 7) is 6.93. The van der Waals surface area contributed by atoms with Crippen LogP contribution in [-0.2, 0) is 6.67 Å². The summed E-state index contributed by atoms with van der Waals surface area (Å²) in [5.74, 6) is 0.414. The molecule has 0 aliphatic carbocycles. The van der Waals surface area contributed by atoms with Crippen molar-refractivity contribution < 1.29 is 0 Å². The number of nitriles is 1. The van der Waals surface area contributed by atoms with Crippen LogP contribution in [0.1, 0.15) is 13.8 Å². The van der Waals surface area contributed by atoms with Crippen LogP contribution >= 0.6 is 11.8 Å². The molecular weight excluding hydrogens is 210 g/mol. The molecule has 1 heterocycles. The lowest BCUT2D eigenvalue weighted by atomic mass is 10.5. The average Bonchev–Trinajstić information content (AvgIpc) is 2.70. The number of aromatic nitrogens is 3. The van der Waals surface area contributed by atoms with Gasteiger partial charge in [-0.3, -0.25) is 4.90 Å². The van der Waals surface area contributed by atoms with Crippen LogP contribution < -0.4 is 0 Å². The van der Waals surface area contributed by atoms with Crippen molar-refractivity contribution in [2.45, 2.75) is 25.7 Å². The van der Waals surface area contributed by atoms with Gasteiger partial charge in [0.25, 0.3) is 0 Å². The van der Waals surface area contributed by atoms with Crippen LogP contribution in [-0.4, -0.2) is 38.5 Å². The van der Waals surface area contributed by atoms with Crippen molar-refractivity contribution in [3.05, 3.63) is 6.33 Å². The van der Waals surface area contributed by atoms with Crippen LogP contribution in [0.25, 0.3) is 0 Å².